The Hall–Kier alpha value is -2.44. The molecule has 1 fully saturated rings. The molecular formula is C20H25N3O3. The second-order valence-electron chi connectivity index (χ2n) is 7.05. The van der Waals surface area contributed by atoms with Gasteiger partial charge in [-0.25, -0.2) is 4.79 Å². The number of aliphatic hydroxyl groups excluding tert-OH is 1. The smallest absolute Gasteiger partial charge is 0.338 e. The van der Waals surface area contributed by atoms with Gasteiger partial charge in [-0.15, -0.1) is 0 Å². The lowest BCUT2D eigenvalue weighted by Crippen LogP contribution is -2.36. The first-order chi connectivity index (χ1) is 12.5. The number of nitrogens with zero attached hydrogens (tertiary/aromatic N) is 2. The van der Waals surface area contributed by atoms with Crippen molar-refractivity contribution in [2.45, 2.75) is 38.5 Å². The molecule has 0 saturated heterocycles. The molecule has 2 aromatic rings. The van der Waals surface area contributed by atoms with Crippen molar-refractivity contribution in [1.29, 1.82) is 0 Å². The van der Waals surface area contributed by atoms with Crippen LogP contribution in [0.2, 0.25) is 0 Å². The maximum atomic E-state index is 10.9. The molecule has 1 aliphatic carbocycles. The molecule has 0 radical (unpaired) electrons. The Labute approximate surface area is 153 Å². The SMILES string of the molecule is CC(=Cc1ccccc1)CN[C@@H]1CC(Cn2cc(C(=O)O)cn2)C[C@H]1O. The third-order valence-electron chi connectivity index (χ3n) is 4.81. The second kappa shape index (κ2) is 8.29. The lowest BCUT2D eigenvalue weighted by Gasteiger charge is -2.16. The Morgan fingerprint density at radius 2 is 2.12 bits per heavy atom. The molecule has 1 saturated carbocycles. The Morgan fingerprint density at radius 3 is 2.81 bits per heavy atom. The summed E-state index contributed by atoms with van der Waals surface area (Å²) in [5.74, 6) is -0.689. The number of aliphatic hydroxyl groups is 1. The predicted octanol–water partition coefficient (Wildman–Crippen LogP) is 2.41. The van der Waals surface area contributed by atoms with Crippen molar-refractivity contribution in [3.63, 3.8) is 0 Å². The summed E-state index contributed by atoms with van der Waals surface area (Å²) in [5, 5.41) is 26.8. The summed E-state index contributed by atoms with van der Waals surface area (Å²) in [6, 6.07) is 10.2. The summed E-state index contributed by atoms with van der Waals surface area (Å²) >= 11 is 0. The maximum absolute atomic E-state index is 10.9. The van der Waals surface area contributed by atoms with Gasteiger partial charge in [-0.2, -0.15) is 5.10 Å². The van der Waals surface area contributed by atoms with Gasteiger partial charge in [0, 0.05) is 25.3 Å². The Morgan fingerprint density at radius 1 is 1.35 bits per heavy atom. The lowest BCUT2D eigenvalue weighted by atomic mass is 10.1. The van der Waals surface area contributed by atoms with E-state index in [1.807, 2.05) is 18.2 Å². The van der Waals surface area contributed by atoms with Gasteiger partial charge in [0.15, 0.2) is 0 Å². The van der Waals surface area contributed by atoms with Gasteiger partial charge >= 0.3 is 5.97 Å². The van der Waals surface area contributed by atoms with E-state index >= 15 is 0 Å². The fourth-order valence-electron chi connectivity index (χ4n) is 3.50. The number of aromatic carboxylic acids is 1. The van der Waals surface area contributed by atoms with Crippen LogP contribution >= 0.6 is 0 Å². The minimum Gasteiger partial charge on any atom is -0.478 e. The van der Waals surface area contributed by atoms with Gasteiger partial charge in [-0.1, -0.05) is 42.0 Å². The van der Waals surface area contributed by atoms with E-state index in [-0.39, 0.29) is 23.6 Å². The number of aromatic nitrogens is 2. The number of carbonyl (C=O) groups is 1. The van der Waals surface area contributed by atoms with Crippen LogP contribution in [0, 0.1) is 5.92 Å². The summed E-state index contributed by atoms with van der Waals surface area (Å²) in [6.45, 7) is 3.44. The highest BCUT2D eigenvalue weighted by Crippen LogP contribution is 2.27. The molecule has 1 aromatic carbocycles. The summed E-state index contributed by atoms with van der Waals surface area (Å²) < 4.78 is 1.66. The molecule has 0 spiro atoms. The molecule has 0 bridgehead atoms. The molecule has 6 heteroatoms. The van der Waals surface area contributed by atoms with Gasteiger partial charge in [0.05, 0.1) is 17.9 Å². The van der Waals surface area contributed by atoms with Crippen LogP contribution in [0.3, 0.4) is 0 Å². The molecule has 1 aliphatic rings. The van der Waals surface area contributed by atoms with Gasteiger partial charge < -0.3 is 15.5 Å². The van der Waals surface area contributed by atoms with Crippen molar-refractivity contribution >= 4 is 12.0 Å². The van der Waals surface area contributed by atoms with Crippen LogP contribution < -0.4 is 5.32 Å². The molecule has 1 heterocycles. The van der Waals surface area contributed by atoms with Gasteiger partial charge in [-0.05, 0) is 31.2 Å². The number of carboxylic acid groups (broad SMARTS) is 1. The van der Waals surface area contributed by atoms with Gasteiger partial charge in [0.2, 0.25) is 0 Å². The van der Waals surface area contributed by atoms with Crippen molar-refractivity contribution in [3.05, 3.63) is 59.4 Å². The molecule has 1 unspecified atom stereocenters. The minimum atomic E-state index is -0.970. The van der Waals surface area contributed by atoms with Crippen LogP contribution in [-0.2, 0) is 6.54 Å². The van der Waals surface area contributed by atoms with Gasteiger partial charge in [-0.3, -0.25) is 4.68 Å². The topological polar surface area (TPSA) is 87.4 Å². The van der Waals surface area contributed by atoms with Crippen molar-refractivity contribution in [1.82, 2.24) is 15.1 Å². The highest BCUT2D eigenvalue weighted by molar-refractivity contribution is 5.86. The average Bonchev–Trinajstić information content (AvgIpc) is 3.21. The third-order valence-corrected chi connectivity index (χ3v) is 4.81. The van der Waals surface area contributed by atoms with E-state index in [2.05, 4.69) is 35.5 Å². The zero-order chi connectivity index (χ0) is 18.5. The quantitative estimate of drug-likeness (QED) is 0.710. The van der Waals surface area contributed by atoms with Crippen LogP contribution in [-0.4, -0.2) is 44.7 Å². The highest BCUT2D eigenvalue weighted by Gasteiger charge is 2.32. The molecule has 1 aromatic heterocycles. The molecule has 138 valence electrons. The Kier molecular flexibility index (Phi) is 5.85. The standard InChI is InChI=1S/C20H25N3O3/c1-14(7-15-5-3-2-4-6-15)10-21-18-8-16(9-19(18)24)12-23-13-17(11-22-23)20(25)26/h2-7,11,13,16,18-19,21,24H,8-10,12H2,1H3,(H,25,26)/t16?,18-,19-/m1/s1. The molecule has 6 nitrogen and oxygen atoms in total. The Bertz CT molecular complexity index is 770. The first-order valence-corrected chi connectivity index (χ1v) is 8.90. The number of benzene rings is 1. The number of hydrogen-bond donors (Lipinski definition) is 3. The van der Waals surface area contributed by atoms with Crippen LogP contribution in [0.5, 0.6) is 0 Å². The molecule has 3 rings (SSSR count). The van der Waals surface area contributed by atoms with E-state index in [0.717, 1.165) is 13.0 Å². The molecule has 3 N–H and O–H groups in total. The van der Waals surface area contributed by atoms with Crippen LogP contribution in [0.4, 0.5) is 0 Å². The number of rotatable bonds is 7. The maximum Gasteiger partial charge on any atom is 0.338 e. The van der Waals surface area contributed by atoms with E-state index in [4.69, 9.17) is 5.11 Å². The molecule has 0 amide bonds. The molecule has 0 aliphatic heterocycles. The van der Waals surface area contributed by atoms with E-state index in [0.29, 0.717) is 13.0 Å². The third kappa shape index (κ3) is 4.80. The summed E-state index contributed by atoms with van der Waals surface area (Å²) in [5.41, 5.74) is 2.58. The fourth-order valence-corrected chi connectivity index (χ4v) is 3.50. The monoisotopic (exact) mass is 355 g/mol. The average molecular weight is 355 g/mol. The predicted molar refractivity (Wildman–Crippen MR) is 99.8 cm³/mol. The first-order valence-electron chi connectivity index (χ1n) is 8.90. The van der Waals surface area contributed by atoms with Crippen LogP contribution in [0.15, 0.2) is 48.3 Å². The lowest BCUT2D eigenvalue weighted by molar-refractivity contribution is 0.0696. The van der Waals surface area contributed by atoms with Crippen LogP contribution in [0.1, 0.15) is 35.7 Å². The number of carboxylic acids is 1. The Balaban J connectivity index is 1.50. The van der Waals surface area contributed by atoms with Crippen molar-refractivity contribution < 1.29 is 15.0 Å². The minimum absolute atomic E-state index is 0.0497. The van der Waals surface area contributed by atoms with Crippen LogP contribution in [0.25, 0.3) is 6.08 Å². The largest absolute Gasteiger partial charge is 0.478 e. The van der Waals surface area contributed by atoms with Crippen molar-refractivity contribution in [2.24, 2.45) is 5.92 Å². The fraction of sp³-hybridized carbons (Fsp3) is 0.400. The van der Waals surface area contributed by atoms with Gasteiger partial charge in [0.25, 0.3) is 0 Å². The van der Waals surface area contributed by atoms with Crippen molar-refractivity contribution in [3.8, 4) is 0 Å². The molecular weight excluding hydrogens is 330 g/mol. The second-order valence-corrected chi connectivity index (χ2v) is 7.05. The first kappa shape index (κ1) is 18.4. The van der Waals surface area contributed by atoms with Gasteiger partial charge in [0.1, 0.15) is 0 Å². The normalized spacial score (nSPS) is 23.3. The summed E-state index contributed by atoms with van der Waals surface area (Å²) in [6.07, 6.45) is 6.20. The van der Waals surface area contributed by atoms with Crippen molar-refractivity contribution in [2.75, 3.05) is 6.54 Å². The van der Waals surface area contributed by atoms with E-state index in [1.165, 1.54) is 17.3 Å². The zero-order valence-corrected chi connectivity index (χ0v) is 14.9. The highest BCUT2D eigenvalue weighted by atomic mass is 16.4. The van der Waals surface area contributed by atoms with E-state index in [1.54, 1.807) is 10.9 Å². The van der Waals surface area contributed by atoms with E-state index in [9.17, 15) is 9.90 Å². The summed E-state index contributed by atoms with van der Waals surface area (Å²) in [4.78, 5) is 10.9. The van der Waals surface area contributed by atoms with E-state index < -0.39 is 5.97 Å². The molecule has 26 heavy (non-hydrogen) atoms. The summed E-state index contributed by atoms with van der Waals surface area (Å²) in [7, 11) is 0. The zero-order valence-electron chi connectivity index (χ0n) is 14.9. The molecule has 3 atom stereocenters. The number of nitrogens with one attached hydrogen (secondary N) is 1. The number of hydrogen-bond acceptors (Lipinski definition) is 4.